The van der Waals surface area contributed by atoms with Crippen LogP contribution in [0.1, 0.15) is 97.8 Å². The Hall–Kier alpha value is -1.04. The van der Waals surface area contributed by atoms with E-state index < -0.39 is 5.09 Å². The van der Waals surface area contributed by atoms with Crippen LogP contribution in [0.4, 0.5) is 0 Å². The van der Waals surface area contributed by atoms with Gasteiger partial charge in [0, 0.05) is 24.3 Å². The molecule has 4 aliphatic carbocycles. The summed E-state index contributed by atoms with van der Waals surface area (Å²) in [6.07, 6.45) is 9.79. The van der Waals surface area contributed by atoms with E-state index in [2.05, 4.69) is 30.9 Å². The van der Waals surface area contributed by atoms with Crippen molar-refractivity contribution in [2.24, 2.45) is 46.3 Å². The van der Waals surface area contributed by atoms with Crippen LogP contribution in [-0.4, -0.2) is 57.4 Å². The molecule has 0 saturated heterocycles. The summed E-state index contributed by atoms with van der Waals surface area (Å²) >= 11 is 0. The Morgan fingerprint density at radius 1 is 1.00 bits per heavy atom. The van der Waals surface area contributed by atoms with Gasteiger partial charge >= 0.3 is 0 Å². The van der Waals surface area contributed by atoms with Gasteiger partial charge in [-0.3, -0.25) is 14.9 Å². The smallest absolute Gasteiger partial charge is 0.294 e. The fourth-order valence-electron chi connectivity index (χ4n) is 9.57. The standard InChI is InChI=1S/C30H50N2O7S2/c1-19(6-9-27(36)31-26(35)5-4-15-40-41-16-14-39-32(37)38)22-7-8-23-28-24(11-13-30(22,23)3)29(2)12-10-21(33)17-20(29)18-25(28)34/h19-25,28,33-34H,4-18H2,1-3H3,(H,31,35,36)/t19-,20+,21-,22-,23+,24+,25+,28+,29+,30-/m1/s1. The minimum Gasteiger partial charge on any atom is -0.393 e. The van der Waals surface area contributed by atoms with Gasteiger partial charge in [0.1, 0.15) is 6.61 Å². The Labute approximate surface area is 252 Å². The summed E-state index contributed by atoms with van der Waals surface area (Å²) in [6, 6.07) is 0. The van der Waals surface area contributed by atoms with Crippen LogP contribution < -0.4 is 5.32 Å². The number of carbonyl (C=O) groups is 2. The first-order valence-electron chi connectivity index (χ1n) is 15.7. The minimum absolute atomic E-state index is 0.0490. The Morgan fingerprint density at radius 3 is 2.44 bits per heavy atom. The first-order chi connectivity index (χ1) is 19.5. The van der Waals surface area contributed by atoms with Gasteiger partial charge in [0.15, 0.2) is 0 Å². The molecular formula is C30H50N2O7S2. The maximum Gasteiger partial charge on any atom is 0.294 e. The highest BCUT2D eigenvalue weighted by Crippen LogP contribution is 2.68. The van der Waals surface area contributed by atoms with E-state index in [-0.39, 0.29) is 47.9 Å². The third kappa shape index (κ3) is 7.55. The van der Waals surface area contributed by atoms with Crippen molar-refractivity contribution in [2.45, 2.75) is 110 Å². The summed E-state index contributed by atoms with van der Waals surface area (Å²) in [6.45, 7) is 7.21. The Morgan fingerprint density at radius 2 is 1.68 bits per heavy atom. The largest absolute Gasteiger partial charge is 0.393 e. The van der Waals surface area contributed by atoms with Crippen LogP contribution in [0.5, 0.6) is 0 Å². The molecular weight excluding hydrogens is 564 g/mol. The third-order valence-electron chi connectivity index (χ3n) is 11.6. The highest BCUT2D eigenvalue weighted by atomic mass is 33.1. The number of amides is 2. The Bertz CT molecular complexity index is 941. The predicted molar refractivity (Wildman–Crippen MR) is 161 cm³/mol. The molecule has 0 radical (unpaired) electrons. The lowest BCUT2D eigenvalue weighted by atomic mass is 9.43. The highest BCUT2D eigenvalue weighted by Gasteiger charge is 2.62. The minimum atomic E-state index is -0.802. The SMILES string of the molecule is C[C@H](CCC(=O)NC(=O)CCCSSCCO[N+](=O)[O-])[C@H]1CC[C@H]2[C@@H]3[C@@H](O)C[C@@H]4C[C@H](O)CC[C@]4(C)[C@H]3CC[C@]12C. The van der Waals surface area contributed by atoms with Crippen molar-refractivity contribution in [3.05, 3.63) is 10.1 Å². The fraction of sp³-hybridized carbons (Fsp3) is 0.933. The molecule has 2 amide bonds. The van der Waals surface area contributed by atoms with E-state index in [1.807, 2.05) is 0 Å². The van der Waals surface area contributed by atoms with E-state index in [0.29, 0.717) is 54.1 Å². The first-order valence-corrected chi connectivity index (χ1v) is 18.1. The fourth-order valence-corrected chi connectivity index (χ4v) is 11.5. The Balaban J connectivity index is 1.20. The average molecular weight is 615 g/mol. The van der Waals surface area contributed by atoms with Crippen LogP contribution in [0.25, 0.3) is 0 Å². The van der Waals surface area contributed by atoms with Crippen LogP contribution in [-0.2, 0) is 14.4 Å². The zero-order valence-corrected chi connectivity index (χ0v) is 26.6. The van der Waals surface area contributed by atoms with E-state index in [1.165, 1.54) is 28.0 Å². The number of nitrogens with one attached hydrogen (secondary N) is 1. The maximum absolute atomic E-state index is 12.6. The zero-order valence-electron chi connectivity index (χ0n) is 24.9. The van der Waals surface area contributed by atoms with E-state index >= 15 is 0 Å². The summed E-state index contributed by atoms with van der Waals surface area (Å²) in [7, 11) is 3.01. The molecule has 234 valence electrons. The maximum atomic E-state index is 12.6. The normalized spacial score (nSPS) is 38.7. The lowest BCUT2D eigenvalue weighted by Crippen LogP contribution is -2.58. The molecule has 0 heterocycles. The monoisotopic (exact) mass is 614 g/mol. The summed E-state index contributed by atoms with van der Waals surface area (Å²) in [5.74, 6) is 3.49. The molecule has 11 heteroatoms. The summed E-state index contributed by atoms with van der Waals surface area (Å²) < 4.78 is 0. The highest BCUT2D eigenvalue weighted by molar-refractivity contribution is 8.76. The molecule has 0 bridgehead atoms. The van der Waals surface area contributed by atoms with E-state index in [9.17, 15) is 29.9 Å². The van der Waals surface area contributed by atoms with Gasteiger partial charge in [-0.05, 0) is 111 Å². The predicted octanol–water partition coefficient (Wildman–Crippen LogP) is 5.41. The van der Waals surface area contributed by atoms with Crippen molar-refractivity contribution in [1.82, 2.24) is 5.32 Å². The van der Waals surface area contributed by atoms with Crippen LogP contribution in [0.3, 0.4) is 0 Å². The number of hydrogen-bond acceptors (Lipinski definition) is 9. The van der Waals surface area contributed by atoms with Gasteiger partial charge in [0.05, 0.1) is 12.2 Å². The number of aliphatic hydroxyl groups excluding tert-OH is 2. The molecule has 4 fully saturated rings. The van der Waals surface area contributed by atoms with Crippen molar-refractivity contribution in [3.8, 4) is 0 Å². The van der Waals surface area contributed by atoms with Crippen molar-refractivity contribution in [2.75, 3.05) is 18.1 Å². The number of carbonyl (C=O) groups excluding carboxylic acids is 2. The molecule has 0 unspecified atom stereocenters. The van der Waals surface area contributed by atoms with Crippen molar-refractivity contribution >= 4 is 33.4 Å². The summed E-state index contributed by atoms with van der Waals surface area (Å²) in [5, 5.41) is 33.6. The van der Waals surface area contributed by atoms with Gasteiger partial charge < -0.3 is 15.1 Å². The number of nitrogens with zero attached hydrogens (tertiary/aromatic N) is 1. The first kappa shape index (κ1) is 32.9. The van der Waals surface area contributed by atoms with E-state index in [4.69, 9.17) is 0 Å². The topological polar surface area (TPSA) is 139 Å². The molecule has 0 aromatic carbocycles. The molecule has 0 aliphatic heterocycles. The summed E-state index contributed by atoms with van der Waals surface area (Å²) in [4.78, 5) is 39.2. The molecule has 0 aromatic rings. The summed E-state index contributed by atoms with van der Waals surface area (Å²) in [5.41, 5.74) is 0.404. The second kappa shape index (κ2) is 14.2. The van der Waals surface area contributed by atoms with Gasteiger partial charge in [-0.2, -0.15) is 0 Å². The molecule has 0 spiro atoms. The van der Waals surface area contributed by atoms with Crippen LogP contribution >= 0.6 is 21.6 Å². The lowest BCUT2D eigenvalue weighted by Gasteiger charge is -2.62. The van der Waals surface area contributed by atoms with Gasteiger partial charge in [0.2, 0.25) is 11.8 Å². The Kier molecular flexibility index (Phi) is 11.4. The van der Waals surface area contributed by atoms with Crippen LogP contribution in [0.15, 0.2) is 0 Å². The van der Waals surface area contributed by atoms with Crippen LogP contribution in [0.2, 0.25) is 0 Å². The van der Waals surface area contributed by atoms with Crippen molar-refractivity contribution in [3.63, 3.8) is 0 Å². The molecule has 0 aromatic heterocycles. The van der Waals surface area contributed by atoms with E-state index in [0.717, 1.165) is 57.1 Å². The van der Waals surface area contributed by atoms with Crippen molar-refractivity contribution in [1.29, 1.82) is 0 Å². The molecule has 9 nitrogen and oxygen atoms in total. The van der Waals surface area contributed by atoms with Gasteiger partial charge in [-0.25, -0.2) is 0 Å². The van der Waals surface area contributed by atoms with Gasteiger partial charge in [-0.1, -0.05) is 42.4 Å². The molecule has 41 heavy (non-hydrogen) atoms. The second-order valence-electron chi connectivity index (χ2n) is 13.7. The van der Waals surface area contributed by atoms with E-state index in [1.54, 1.807) is 0 Å². The number of fused-ring (bicyclic) bond motifs is 5. The molecule has 4 saturated carbocycles. The van der Waals surface area contributed by atoms with Gasteiger partial charge in [0.25, 0.3) is 5.09 Å². The second-order valence-corrected chi connectivity index (χ2v) is 16.4. The average Bonchev–Trinajstić information content (AvgIpc) is 3.27. The third-order valence-corrected chi connectivity index (χ3v) is 14.1. The number of imide groups is 1. The molecule has 3 N–H and O–H groups in total. The van der Waals surface area contributed by atoms with Gasteiger partial charge in [-0.15, -0.1) is 10.1 Å². The molecule has 4 rings (SSSR count). The van der Waals surface area contributed by atoms with Crippen molar-refractivity contribution < 1.29 is 29.7 Å². The lowest BCUT2D eigenvalue weighted by molar-refractivity contribution is -0.756. The van der Waals surface area contributed by atoms with Crippen LogP contribution in [0, 0.1) is 56.5 Å². The molecule has 10 atom stereocenters. The zero-order chi connectivity index (χ0) is 29.8. The number of rotatable bonds is 13. The number of hydrogen-bond donors (Lipinski definition) is 3. The number of aliphatic hydroxyl groups is 2. The quantitative estimate of drug-likeness (QED) is 0.108. The molecule has 4 aliphatic rings.